The zero-order valence-corrected chi connectivity index (χ0v) is 11.8. The minimum atomic E-state index is -1.13. The molecule has 0 bridgehead atoms. The van der Waals surface area contributed by atoms with Crippen LogP contribution in [0, 0.1) is 12.3 Å². The Labute approximate surface area is 125 Å². The molecule has 1 aliphatic heterocycles. The first-order valence-corrected chi connectivity index (χ1v) is 6.42. The monoisotopic (exact) mass is 312 g/mol. The van der Waals surface area contributed by atoms with Crippen molar-refractivity contribution in [1.29, 1.82) is 0 Å². The summed E-state index contributed by atoms with van der Waals surface area (Å²) in [6, 6.07) is 0. The summed E-state index contributed by atoms with van der Waals surface area (Å²) in [4.78, 5) is 25.6. The third kappa shape index (κ3) is 2.90. The predicted molar refractivity (Wildman–Crippen MR) is 73.5 cm³/mol. The van der Waals surface area contributed by atoms with Crippen molar-refractivity contribution < 1.29 is 24.4 Å². The maximum atomic E-state index is 11.9. The van der Waals surface area contributed by atoms with Crippen LogP contribution in [0.15, 0.2) is 15.8 Å². The third-order valence-electron chi connectivity index (χ3n) is 3.29. The molecule has 9 heteroatoms. The molecule has 0 spiro atoms. The fourth-order valence-corrected chi connectivity index (χ4v) is 2.23. The molecule has 4 atom stereocenters. The van der Waals surface area contributed by atoms with E-state index in [-0.39, 0.29) is 12.4 Å². The second-order valence-corrected chi connectivity index (χ2v) is 4.59. The lowest BCUT2D eigenvalue weighted by Gasteiger charge is -2.20. The summed E-state index contributed by atoms with van der Waals surface area (Å²) in [7, 11) is 1.33. The Bertz CT molecular complexity index is 674. The number of hydrogen-bond acceptors (Lipinski definition) is 7. The molecule has 1 saturated heterocycles. The number of ether oxygens (including phenoxy) is 3. The van der Waals surface area contributed by atoms with Gasteiger partial charge in [-0.1, -0.05) is 5.92 Å². The predicted octanol–water partition coefficient (Wildman–Crippen LogP) is -2.19. The number of nitrogens with one attached hydrogen (secondary N) is 1. The number of hydrogen-bond donors (Lipinski definition) is 3. The molecule has 0 saturated carbocycles. The second kappa shape index (κ2) is 6.76. The standard InChI is InChI=1S/C13H16N2O7/c1-3-4-21-7-5-15(13(19)14-11(7)18)12-10(20-2)9(17)8(6-16)22-12/h1,5,8-10,12,16-17H,4,6H2,2H3,(H,14,18,19)/t8-,9-,10-,12-/m1/s1. The minimum Gasteiger partial charge on any atom is -0.474 e. The molecule has 0 aliphatic carbocycles. The number of aromatic nitrogens is 2. The van der Waals surface area contributed by atoms with Crippen molar-refractivity contribution in [3.8, 4) is 18.1 Å². The lowest BCUT2D eigenvalue weighted by Crippen LogP contribution is -2.39. The van der Waals surface area contributed by atoms with E-state index in [0.717, 1.165) is 10.8 Å². The van der Waals surface area contributed by atoms with E-state index in [9.17, 15) is 14.7 Å². The first-order valence-electron chi connectivity index (χ1n) is 6.42. The van der Waals surface area contributed by atoms with Gasteiger partial charge in [0.05, 0.1) is 12.8 Å². The zero-order chi connectivity index (χ0) is 16.3. The van der Waals surface area contributed by atoms with E-state index in [1.807, 2.05) is 0 Å². The van der Waals surface area contributed by atoms with Gasteiger partial charge < -0.3 is 24.4 Å². The van der Waals surface area contributed by atoms with E-state index in [1.54, 1.807) is 0 Å². The van der Waals surface area contributed by atoms with Gasteiger partial charge in [0.25, 0.3) is 5.56 Å². The lowest BCUT2D eigenvalue weighted by molar-refractivity contribution is -0.0628. The van der Waals surface area contributed by atoms with Crippen molar-refractivity contribution in [2.45, 2.75) is 24.5 Å². The summed E-state index contributed by atoms with van der Waals surface area (Å²) >= 11 is 0. The van der Waals surface area contributed by atoms with Crippen LogP contribution in [0.1, 0.15) is 6.23 Å². The number of nitrogens with zero attached hydrogens (tertiary/aromatic N) is 1. The maximum absolute atomic E-state index is 11.9. The van der Waals surface area contributed by atoms with Crippen molar-refractivity contribution in [3.63, 3.8) is 0 Å². The Morgan fingerprint density at radius 3 is 2.86 bits per heavy atom. The van der Waals surface area contributed by atoms with Crippen molar-refractivity contribution >= 4 is 0 Å². The molecule has 1 aliphatic rings. The van der Waals surface area contributed by atoms with Gasteiger partial charge in [0.15, 0.2) is 6.23 Å². The smallest absolute Gasteiger partial charge is 0.330 e. The van der Waals surface area contributed by atoms with Crippen molar-refractivity contribution in [3.05, 3.63) is 27.0 Å². The molecule has 0 amide bonds. The fraction of sp³-hybridized carbons (Fsp3) is 0.538. The third-order valence-corrected chi connectivity index (χ3v) is 3.29. The van der Waals surface area contributed by atoms with Crippen molar-refractivity contribution in [1.82, 2.24) is 9.55 Å². The van der Waals surface area contributed by atoms with Crippen LogP contribution in [0.2, 0.25) is 0 Å². The number of rotatable bonds is 5. The molecule has 2 rings (SSSR count). The quantitative estimate of drug-likeness (QED) is 0.528. The number of H-pyrrole nitrogens is 1. The molecule has 0 unspecified atom stereocenters. The summed E-state index contributed by atoms with van der Waals surface area (Å²) < 4.78 is 16.6. The highest BCUT2D eigenvalue weighted by atomic mass is 16.6. The molecule has 1 aromatic rings. The average molecular weight is 312 g/mol. The summed E-state index contributed by atoms with van der Waals surface area (Å²) in [6.07, 6.45) is 2.20. The average Bonchev–Trinajstić information content (AvgIpc) is 2.82. The summed E-state index contributed by atoms with van der Waals surface area (Å²) in [5.41, 5.74) is -1.50. The van der Waals surface area contributed by atoms with Crippen LogP contribution in [0.3, 0.4) is 0 Å². The lowest BCUT2D eigenvalue weighted by atomic mass is 10.1. The van der Waals surface area contributed by atoms with E-state index >= 15 is 0 Å². The van der Waals surface area contributed by atoms with E-state index in [4.69, 9.17) is 25.7 Å². The maximum Gasteiger partial charge on any atom is 0.330 e. The molecule has 120 valence electrons. The minimum absolute atomic E-state index is 0.150. The van der Waals surface area contributed by atoms with Gasteiger partial charge in [0, 0.05) is 7.11 Å². The van der Waals surface area contributed by atoms with E-state index < -0.39 is 42.4 Å². The number of methoxy groups -OCH3 is 1. The Balaban J connectivity index is 2.41. The van der Waals surface area contributed by atoms with Crippen LogP contribution >= 0.6 is 0 Å². The SMILES string of the molecule is C#CCOc1cn([C@@H]2O[C@H](CO)[C@@H](O)[C@H]2OC)c(=O)[nH]c1=O. The van der Waals surface area contributed by atoms with Gasteiger partial charge in [-0.25, -0.2) is 4.79 Å². The van der Waals surface area contributed by atoms with Gasteiger partial charge in [0.2, 0.25) is 5.75 Å². The van der Waals surface area contributed by atoms with E-state index in [1.165, 1.54) is 7.11 Å². The van der Waals surface area contributed by atoms with Crippen LogP contribution in [0.25, 0.3) is 0 Å². The Morgan fingerprint density at radius 1 is 1.55 bits per heavy atom. The molecular formula is C13H16N2O7. The van der Waals surface area contributed by atoms with Gasteiger partial charge in [-0.3, -0.25) is 14.3 Å². The van der Waals surface area contributed by atoms with Gasteiger partial charge >= 0.3 is 5.69 Å². The highest BCUT2D eigenvalue weighted by molar-refractivity contribution is 5.14. The second-order valence-electron chi connectivity index (χ2n) is 4.59. The fourth-order valence-electron chi connectivity index (χ4n) is 2.23. The van der Waals surface area contributed by atoms with Crippen LogP contribution < -0.4 is 16.0 Å². The molecular weight excluding hydrogens is 296 g/mol. The molecule has 2 heterocycles. The Morgan fingerprint density at radius 2 is 2.27 bits per heavy atom. The number of aliphatic hydroxyl groups excluding tert-OH is 2. The van der Waals surface area contributed by atoms with Gasteiger partial charge in [0.1, 0.15) is 24.9 Å². The van der Waals surface area contributed by atoms with Gasteiger partial charge in [-0.2, -0.15) is 0 Å². The molecule has 0 radical (unpaired) electrons. The highest BCUT2D eigenvalue weighted by Gasteiger charge is 2.45. The van der Waals surface area contributed by atoms with Crippen LogP contribution in [-0.2, 0) is 9.47 Å². The Kier molecular flexibility index (Phi) is 4.99. The Hall–Kier alpha value is -2.12. The molecule has 3 N–H and O–H groups in total. The molecule has 1 fully saturated rings. The van der Waals surface area contributed by atoms with Crippen LogP contribution in [0.4, 0.5) is 0 Å². The summed E-state index contributed by atoms with van der Waals surface area (Å²) in [6.45, 7) is -0.599. The van der Waals surface area contributed by atoms with E-state index in [0.29, 0.717) is 0 Å². The first-order chi connectivity index (χ1) is 10.5. The van der Waals surface area contributed by atoms with Crippen LogP contribution in [-0.4, -0.2) is 58.4 Å². The number of aromatic amines is 1. The van der Waals surface area contributed by atoms with Crippen LogP contribution in [0.5, 0.6) is 5.75 Å². The highest BCUT2D eigenvalue weighted by Crippen LogP contribution is 2.30. The first kappa shape index (κ1) is 16.3. The zero-order valence-electron chi connectivity index (χ0n) is 11.8. The molecule has 0 aromatic carbocycles. The molecule has 1 aromatic heterocycles. The number of aliphatic hydroxyl groups is 2. The topological polar surface area (TPSA) is 123 Å². The molecule has 22 heavy (non-hydrogen) atoms. The van der Waals surface area contributed by atoms with Gasteiger partial charge in [-0.05, 0) is 0 Å². The molecule has 9 nitrogen and oxygen atoms in total. The number of terminal acetylenes is 1. The normalized spacial score (nSPS) is 27.5. The summed E-state index contributed by atoms with van der Waals surface area (Å²) in [5, 5.41) is 19.1. The largest absolute Gasteiger partial charge is 0.474 e. The van der Waals surface area contributed by atoms with Crippen molar-refractivity contribution in [2.75, 3.05) is 20.3 Å². The van der Waals surface area contributed by atoms with Gasteiger partial charge in [-0.15, -0.1) is 6.42 Å². The summed E-state index contributed by atoms with van der Waals surface area (Å²) in [5.74, 6) is 2.03. The van der Waals surface area contributed by atoms with Crippen molar-refractivity contribution in [2.24, 2.45) is 0 Å². The van der Waals surface area contributed by atoms with E-state index in [2.05, 4.69) is 10.9 Å².